The van der Waals surface area contributed by atoms with Crippen molar-refractivity contribution in [1.82, 2.24) is 30.8 Å². The van der Waals surface area contributed by atoms with E-state index >= 15 is 0 Å². The first-order valence-corrected chi connectivity index (χ1v) is 20.4. The number of aromatic nitrogens is 2. The molecule has 1 aromatic rings. The molecule has 20 heteroatoms. The highest BCUT2D eigenvalue weighted by Crippen LogP contribution is 2.30. The minimum atomic E-state index is -1.69. The monoisotopic (exact) mass is 840 g/mol. The largest absolute Gasteiger partial charge is 0.480 e. The van der Waals surface area contributed by atoms with E-state index in [2.05, 4.69) is 33.2 Å². The summed E-state index contributed by atoms with van der Waals surface area (Å²) in [6, 6.07) is -2.71. The average Bonchev–Trinajstić information content (AvgIpc) is 3.55. The molecule has 2 rings (SSSR count). The van der Waals surface area contributed by atoms with Crippen LogP contribution in [0.5, 0.6) is 0 Å². The number of alkyl halides is 1. The number of halogens is 1. The number of rotatable bonds is 29. The minimum Gasteiger partial charge on any atom is -0.480 e. The first-order chi connectivity index (χ1) is 28.1. The van der Waals surface area contributed by atoms with E-state index in [-0.39, 0.29) is 37.8 Å². The van der Waals surface area contributed by atoms with E-state index in [1.807, 2.05) is 0 Å². The number of aromatic amines is 1. The fourth-order valence-corrected chi connectivity index (χ4v) is 6.16. The Morgan fingerprint density at radius 3 is 2.15 bits per heavy atom. The molecule has 0 bridgehead atoms. The first kappa shape index (κ1) is 50.0. The van der Waals surface area contributed by atoms with Gasteiger partial charge in [0.1, 0.15) is 50.3 Å². The number of carboxylic acid groups (broad SMARTS) is 1. The number of carbonyl (C=O) groups excluding carboxylic acids is 6. The summed E-state index contributed by atoms with van der Waals surface area (Å²) in [7, 11) is 0. The van der Waals surface area contributed by atoms with Crippen LogP contribution in [0.1, 0.15) is 128 Å². The van der Waals surface area contributed by atoms with Crippen LogP contribution >= 0.6 is 0 Å². The van der Waals surface area contributed by atoms with Gasteiger partial charge in [-0.05, 0) is 19.8 Å². The number of amides is 4. The summed E-state index contributed by atoms with van der Waals surface area (Å²) in [5.74, 6) is -5.72. The quantitative estimate of drug-likeness (QED) is 0.0496. The van der Waals surface area contributed by atoms with E-state index in [1.165, 1.54) is 65.0 Å². The molecule has 332 valence electrons. The molecule has 6 N–H and O–H groups in total. The van der Waals surface area contributed by atoms with Crippen LogP contribution < -0.4 is 32.5 Å². The molecule has 0 radical (unpaired) electrons. The van der Waals surface area contributed by atoms with Gasteiger partial charge >= 0.3 is 23.6 Å². The highest BCUT2D eigenvalue weighted by molar-refractivity contribution is 5.88. The number of hydrogen-bond acceptors (Lipinski definition) is 12. The second kappa shape index (κ2) is 27.5. The van der Waals surface area contributed by atoms with Gasteiger partial charge in [0.05, 0.1) is 0 Å². The smallest absolute Gasteiger partial charge is 0.330 e. The van der Waals surface area contributed by atoms with Crippen LogP contribution in [0.25, 0.3) is 0 Å². The Kier molecular flexibility index (Phi) is 23.3. The van der Waals surface area contributed by atoms with Crippen LogP contribution in [0.3, 0.4) is 0 Å². The zero-order valence-electron chi connectivity index (χ0n) is 34.3. The molecule has 5 atom stereocenters. The van der Waals surface area contributed by atoms with E-state index in [9.17, 15) is 47.5 Å². The summed E-state index contributed by atoms with van der Waals surface area (Å²) in [4.78, 5) is 112. The van der Waals surface area contributed by atoms with E-state index in [4.69, 9.17) is 19.3 Å². The zero-order chi connectivity index (χ0) is 43.7. The molecular weight excluding hydrogens is 779 g/mol. The van der Waals surface area contributed by atoms with Crippen molar-refractivity contribution in [3.63, 3.8) is 0 Å². The van der Waals surface area contributed by atoms with Crippen molar-refractivity contribution in [2.45, 2.75) is 154 Å². The lowest BCUT2D eigenvalue weighted by atomic mass is 10.1. The topological polar surface area (TPSA) is 270 Å². The SMILES string of the molecule is CCCCCCCCCCCCCC(=O)OCC(NC(C)=O)C(=O)NCCC(=O)NC(CCC(=O)NCC(=O)O)C(=O)OC[C@H]1O[C@@H](n2cc(C)c(=O)[nH]c2=O)C[C@@H]1F. The third-order valence-corrected chi connectivity index (χ3v) is 9.47. The summed E-state index contributed by atoms with van der Waals surface area (Å²) in [6.07, 6.45) is 8.10. The van der Waals surface area contributed by atoms with Gasteiger partial charge in [0.2, 0.25) is 23.6 Å². The maximum Gasteiger partial charge on any atom is 0.330 e. The van der Waals surface area contributed by atoms with Gasteiger partial charge in [0.25, 0.3) is 5.56 Å². The van der Waals surface area contributed by atoms with Gasteiger partial charge in [-0.2, -0.15) is 0 Å². The van der Waals surface area contributed by atoms with Crippen LogP contribution in [0.15, 0.2) is 15.8 Å². The molecule has 1 fully saturated rings. The molecule has 2 heterocycles. The molecule has 1 aromatic heterocycles. The Balaban J connectivity index is 1.86. The molecule has 0 aliphatic carbocycles. The molecule has 0 aromatic carbocycles. The van der Waals surface area contributed by atoms with Crippen molar-refractivity contribution in [2.75, 3.05) is 26.3 Å². The lowest BCUT2D eigenvalue weighted by Gasteiger charge is -2.20. The van der Waals surface area contributed by atoms with Gasteiger partial charge in [-0.1, -0.05) is 71.1 Å². The fourth-order valence-electron chi connectivity index (χ4n) is 6.16. The third-order valence-electron chi connectivity index (χ3n) is 9.47. The molecule has 0 spiro atoms. The maximum atomic E-state index is 14.9. The molecule has 2 unspecified atom stereocenters. The normalized spacial score (nSPS) is 17.0. The third kappa shape index (κ3) is 20.4. The minimum absolute atomic E-state index is 0.163. The van der Waals surface area contributed by atoms with Crippen LogP contribution in [-0.4, -0.2) is 107 Å². The number of hydrogen-bond donors (Lipinski definition) is 6. The van der Waals surface area contributed by atoms with Gasteiger partial charge < -0.3 is 40.6 Å². The Morgan fingerprint density at radius 2 is 1.53 bits per heavy atom. The summed E-state index contributed by atoms with van der Waals surface area (Å²) in [6.45, 7) is 2.78. The molecule has 4 amide bonds. The molecule has 59 heavy (non-hydrogen) atoms. The lowest BCUT2D eigenvalue weighted by molar-refractivity contribution is -0.153. The number of nitrogens with one attached hydrogen (secondary N) is 5. The van der Waals surface area contributed by atoms with Gasteiger partial charge in [0.15, 0.2) is 0 Å². The molecule has 0 saturated carbocycles. The van der Waals surface area contributed by atoms with Gasteiger partial charge in [0, 0.05) is 50.9 Å². The molecule has 1 aliphatic rings. The summed E-state index contributed by atoms with van der Waals surface area (Å²) < 4.78 is 32.0. The number of carbonyl (C=O) groups is 7. The van der Waals surface area contributed by atoms with Gasteiger partial charge in [-0.3, -0.25) is 43.1 Å². The summed E-state index contributed by atoms with van der Waals surface area (Å²) >= 11 is 0. The predicted molar refractivity (Wildman–Crippen MR) is 210 cm³/mol. The van der Waals surface area contributed by atoms with Crippen molar-refractivity contribution < 1.29 is 57.3 Å². The second-order valence-corrected chi connectivity index (χ2v) is 14.6. The van der Waals surface area contributed by atoms with E-state index in [0.29, 0.717) is 6.42 Å². The van der Waals surface area contributed by atoms with E-state index < -0.39 is 110 Å². The second-order valence-electron chi connectivity index (χ2n) is 14.6. The fraction of sp³-hybridized carbons (Fsp3) is 0.718. The Hall–Kier alpha value is -5.14. The number of nitrogens with zero attached hydrogens (tertiary/aromatic N) is 1. The van der Waals surface area contributed by atoms with Crippen molar-refractivity contribution in [3.05, 3.63) is 32.6 Å². The van der Waals surface area contributed by atoms with Crippen molar-refractivity contribution in [3.8, 4) is 0 Å². The first-order valence-electron chi connectivity index (χ1n) is 20.4. The predicted octanol–water partition coefficient (Wildman–Crippen LogP) is 1.73. The molecular formula is C39H61FN6O13. The van der Waals surface area contributed by atoms with Crippen LogP contribution in [-0.2, 0) is 47.8 Å². The number of esters is 2. The number of aliphatic carboxylic acids is 1. The maximum absolute atomic E-state index is 14.9. The number of H-pyrrole nitrogens is 1. The number of carboxylic acids is 1. The highest BCUT2D eigenvalue weighted by atomic mass is 19.1. The van der Waals surface area contributed by atoms with E-state index in [0.717, 1.165) is 23.8 Å². The lowest BCUT2D eigenvalue weighted by Crippen LogP contribution is -2.50. The number of unbranched alkanes of at least 4 members (excludes halogenated alkanes) is 10. The van der Waals surface area contributed by atoms with Crippen LogP contribution in [0.2, 0.25) is 0 Å². The van der Waals surface area contributed by atoms with Crippen molar-refractivity contribution in [2.24, 2.45) is 0 Å². The van der Waals surface area contributed by atoms with Gasteiger partial charge in [-0.15, -0.1) is 0 Å². The Labute approximate surface area is 342 Å². The average molecular weight is 841 g/mol. The van der Waals surface area contributed by atoms with Crippen molar-refractivity contribution in [1.29, 1.82) is 0 Å². The molecule has 19 nitrogen and oxygen atoms in total. The Morgan fingerprint density at radius 1 is 0.881 bits per heavy atom. The van der Waals surface area contributed by atoms with Gasteiger partial charge in [-0.25, -0.2) is 14.0 Å². The zero-order valence-corrected chi connectivity index (χ0v) is 34.3. The molecule has 1 aliphatic heterocycles. The summed E-state index contributed by atoms with van der Waals surface area (Å²) in [5, 5.41) is 18.2. The summed E-state index contributed by atoms with van der Waals surface area (Å²) in [5.41, 5.74) is -1.26. The van der Waals surface area contributed by atoms with Crippen LogP contribution in [0, 0.1) is 6.92 Å². The standard InChI is InChI=1S/C39H61FN6O13/c1-4-5-6-7-8-9-10-11-12-13-14-15-35(52)57-23-29(43-26(3)47)37(54)41-19-18-32(49)44-28(16-17-31(48)42-21-34(50)51)38(55)58-24-30-27(40)20-33(59-30)46-22-25(2)36(53)45-39(46)56/h22,27-30,33H,4-21,23-24H2,1-3H3,(H,41,54)(H,42,48)(H,43,47)(H,44,49)(H,50,51)(H,45,53,56)/t27-,28?,29?,30+,33+/m0/s1. The molecule has 1 saturated heterocycles. The van der Waals surface area contributed by atoms with Crippen LogP contribution in [0.4, 0.5) is 4.39 Å². The Bertz CT molecular complexity index is 1670. The number of ether oxygens (including phenoxy) is 3. The van der Waals surface area contributed by atoms with Crippen molar-refractivity contribution >= 4 is 41.5 Å². The van der Waals surface area contributed by atoms with E-state index in [1.54, 1.807) is 0 Å². The highest BCUT2D eigenvalue weighted by Gasteiger charge is 2.38. The number of aryl methyl sites for hydroxylation is 1.